The molecule has 0 atom stereocenters. The van der Waals surface area contributed by atoms with Crippen LogP contribution in [0.5, 0.6) is 0 Å². The lowest BCUT2D eigenvalue weighted by Crippen LogP contribution is -2.03. The summed E-state index contributed by atoms with van der Waals surface area (Å²) in [6.07, 6.45) is -4.39. The number of aromatic nitrogens is 1. The number of hydrogen-bond acceptors (Lipinski definition) is 4. The van der Waals surface area contributed by atoms with Crippen molar-refractivity contribution in [3.05, 3.63) is 59.5 Å². The molecular weight excluding hydrogens is 375 g/mol. The zero-order chi connectivity index (χ0) is 18.2. The van der Waals surface area contributed by atoms with Crippen molar-refractivity contribution in [3.63, 3.8) is 0 Å². The van der Waals surface area contributed by atoms with Crippen molar-refractivity contribution in [1.29, 1.82) is 0 Å². The molecule has 3 aromatic rings. The van der Waals surface area contributed by atoms with Crippen LogP contribution >= 0.6 is 11.3 Å². The highest BCUT2D eigenvalue weighted by atomic mass is 32.2. The van der Waals surface area contributed by atoms with Crippen LogP contribution in [0.15, 0.2) is 58.8 Å². The third-order valence-corrected chi connectivity index (χ3v) is 5.17. The van der Waals surface area contributed by atoms with Gasteiger partial charge in [0.25, 0.3) is 10.1 Å². The standard InChI is InChI=1S/C16H10F3NO3S2/c17-16(18,19)12-5-1-10(2-6-12)14-9-24-15(20-14)11-3-7-13(8-4-11)25(21,22)23/h1-9H,(H,21,22,23). The summed E-state index contributed by atoms with van der Waals surface area (Å²) in [7, 11) is -4.26. The van der Waals surface area contributed by atoms with Gasteiger partial charge in [-0.2, -0.15) is 21.6 Å². The van der Waals surface area contributed by atoms with Crippen LogP contribution in [-0.2, 0) is 16.3 Å². The Morgan fingerprint density at radius 2 is 1.48 bits per heavy atom. The van der Waals surface area contributed by atoms with E-state index in [-0.39, 0.29) is 4.90 Å². The third kappa shape index (κ3) is 3.89. The van der Waals surface area contributed by atoms with Gasteiger partial charge in [-0.1, -0.05) is 24.3 Å². The van der Waals surface area contributed by atoms with Crippen LogP contribution in [0, 0.1) is 0 Å². The fourth-order valence-electron chi connectivity index (χ4n) is 2.14. The van der Waals surface area contributed by atoms with Crippen molar-refractivity contribution in [2.75, 3.05) is 0 Å². The van der Waals surface area contributed by atoms with Crippen molar-refractivity contribution in [2.24, 2.45) is 0 Å². The summed E-state index contributed by atoms with van der Waals surface area (Å²) in [6.45, 7) is 0. The number of rotatable bonds is 3. The van der Waals surface area contributed by atoms with Gasteiger partial charge in [0, 0.05) is 16.5 Å². The molecule has 0 spiro atoms. The highest BCUT2D eigenvalue weighted by Crippen LogP contribution is 2.33. The highest BCUT2D eigenvalue weighted by Gasteiger charge is 2.30. The van der Waals surface area contributed by atoms with Crippen LogP contribution < -0.4 is 0 Å². The normalized spacial score (nSPS) is 12.3. The Balaban J connectivity index is 1.87. The topological polar surface area (TPSA) is 67.3 Å². The van der Waals surface area contributed by atoms with Gasteiger partial charge in [-0.05, 0) is 24.3 Å². The van der Waals surface area contributed by atoms with E-state index in [0.29, 0.717) is 21.8 Å². The van der Waals surface area contributed by atoms with Crippen LogP contribution in [0.4, 0.5) is 13.2 Å². The molecule has 1 aromatic heterocycles. The molecule has 0 radical (unpaired) electrons. The lowest BCUT2D eigenvalue weighted by Gasteiger charge is -2.06. The predicted octanol–water partition coefficient (Wildman–Crippen LogP) is 4.74. The Morgan fingerprint density at radius 3 is 2.00 bits per heavy atom. The van der Waals surface area contributed by atoms with Crippen molar-refractivity contribution in [2.45, 2.75) is 11.1 Å². The predicted molar refractivity (Wildman–Crippen MR) is 87.8 cm³/mol. The first-order valence-electron chi connectivity index (χ1n) is 6.86. The van der Waals surface area contributed by atoms with Crippen LogP contribution in [-0.4, -0.2) is 18.0 Å². The number of thiazole rings is 1. The quantitative estimate of drug-likeness (QED) is 0.661. The molecule has 130 valence electrons. The fraction of sp³-hybridized carbons (Fsp3) is 0.0625. The van der Waals surface area contributed by atoms with Gasteiger partial charge in [-0.25, -0.2) is 4.98 Å². The van der Waals surface area contributed by atoms with Crippen LogP contribution in [0.3, 0.4) is 0 Å². The van der Waals surface area contributed by atoms with Crippen molar-refractivity contribution in [1.82, 2.24) is 4.98 Å². The number of hydrogen-bond donors (Lipinski definition) is 1. The molecule has 2 aromatic carbocycles. The first-order valence-corrected chi connectivity index (χ1v) is 9.18. The Bertz CT molecular complexity index is 992. The first-order chi connectivity index (χ1) is 11.6. The summed E-state index contributed by atoms with van der Waals surface area (Å²) in [4.78, 5) is 4.13. The zero-order valence-electron chi connectivity index (χ0n) is 12.4. The van der Waals surface area contributed by atoms with E-state index < -0.39 is 21.9 Å². The number of benzene rings is 2. The number of halogens is 3. The van der Waals surface area contributed by atoms with Gasteiger partial charge < -0.3 is 0 Å². The van der Waals surface area contributed by atoms with Crippen molar-refractivity contribution < 1.29 is 26.1 Å². The maximum atomic E-state index is 12.6. The second kappa shape index (κ2) is 6.25. The largest absolute Gasteiger partial charge is 0.416 e. The second-order valence-electron chi connectivity index (χ2n) is 5.11. The molecule has 9 heteroatoms. The lowest BCUT2D eigenvalue weighted by molar-refractivity contribution is -0.137. The molecule has 0 unspecified atom stereocenters. The van der Waals surface area contributed by atoms with E-state index >= 15 is 0 Å². The van der Waals surface area contributed by atoms with E-state index in [0.717, 1.165) is 12.1 Å². The molecule has 0 aliphatic heterocycles. The van der Waals surface area contributed by atoms with Gasteiger partial charge >= 0.3 is 6.18 Å². The molecule has 0 aliphatic rings. The lowest BCUT2D eigenvalue weighted by atomic mass is 10.1. The van der Waals surface area contributed by atoms with E-state index in [4.69, 9.17) is 4.55 Å². The molecule has 3 rings (SSSR count). The van der Waals surface area contributed by atoms with E-state index in [1.807, 2.05) is 0 Å². The molecule has 0 fully saturated rings. The Kier molecular flexibility index (Phi) is 4.40. The summed E-state index contributed by atoms with van der Waals surface area (Å²) in [6, 6.07) is 10.2. The Hall–Kier alpha value is -2.23. The third-order valence-electron chi connectivity index (χ3n) is 3.41. The van der Waals surface area contributed by atoms with E-state index in [2.05, 4.69) is 4.98 Å². The smallest absolute Gasteiger partial charge is 0.282 e. The van der Waals surface area contributed by atoms with Crippen molar-refractivity contribution in [3.8, 4) is 21.8 Å². The fourth-order valence-corrected chi connectivity index (χ4v) is 3.45. The maximum absolute atomic E-state index is 12.6. The summed E-state index contributed by atoms with van der Waals surface area (Å²) in [5.74, 6) is 0. The van der Waals surface area contributed by atoms with Gasteiger partial charge in [0.05, 0.1) is 16.2 Å². The Morgan fingerprint density at radius 1 is 0.920 bits per heavy atom. The van der Waals surface area contributed by atoms with Crippen LogP contribution in [0.1, 0.15) is 5.56 Å². The van der Waals surface area contributed by atoms with Gasteiger partial charge in [-0.15, -0.1) is 11.3 Å². The molecule has 0 amide bonds. The minimum Gasteiger partial charge on any atom is -0.282 e. The van der Waals surface area contributed by atoms with E-state index in [9.17, 15) is 21.6 Å². The summed E-state index contributed by atoms with van der Waals surface area (Å²) in [5.41, 5.74) is 0.973. The highest BCUT2D eigenvalue weighted by molar-refractivity contribution is 7.85. The molecule has 25 heavy (non-hydrogen) atoms. The molecule has 0 saturated carbocycles. The van der Waals surface area contributed by atoms with E-state index in [1.165, 1.54) is 47.7 Å². The molecule has 0 bridgehead atoms. The molecule has 4 nitrogen and oxygen atoms in total. The van der Waals surface area contributed by atoms with Crippen LogP contribution in [0.25, 0.3) is 21.8 Å². The summed E-state index contributed by atoms with van der Waals surface area (Å²) < 4.78 is 68.8. The SMILES string of the molecule is O=S(=O)(O)c1ccc(-c2nc(-c3ccc(C(F)(F)F)cc3)cs2)cc1. The molecular formula is C16H10F3NO3S2. The average Bonchev–Trinajstić information content (AvgIpc) is 3.03. The average molecular weight is 385 g/mol. The Labute approximate surface area is 145 Å². The van der Waals surface area contributed by atoms with Gasteiger partial charge in [0.1, 0.15) is 5.01 Å². The second-order valence-corrected chi connectivity index (χ2v) is 7.39. The monoisotopic (exact) mass is 385 g/mol. The number of nitrogens with zero attached hydrogens (tertiary/aromatic N) is 1. The van der Waals surface area contributed by atoms with Gasteiger partial charge in [0.2, 0.25) is 0 Å². The minimum atomic E-state index is -4.39. The van der Waals surface area contributed by atoms with Crippen LogP contribution in [0.2, 0.25) is 0 Å². The minimum absolute atomic E-state index is 0.226. The summed E-state index contributed by atoms with van der Waals surface area (Å²) in [5, 5.41) is 2.28. The zero-order valence-corrected chi connectivity index (χ0v) is 14.0. The molecule has 1 heterocycles. The molecule has 1 N–H and O–H groups in total. The van der Waals surface area contributed by atoms with E-state index in [1.54, 1.807) is 5.38 Å². The molecule has 0 saturated heterocycles. The first kappa shape index (κ1) is 17.6. The van der Waals surface area contributed by atoms with Gasteiger partial charge in [-0.3, -0.25) is 4.55 Å². The molecule has 0 aliphatic carbocycles. The summed E-state index contributed by atoms with van der Waals surface area (Å²) >= 11 is 1.28. The number of alkyl halides is 3. The van der Waals surface area contributed by atoms with Crippen molar-refractivity contribution >= 4 is 21.5 Å². The van der Waals surface area contributed by atoms with Gasteiger partial charge in [0.15, 0.2) is 0 Å². The maximum Gasteiger partial charge on any atom is 0.416 e.